The van der Waals surface area contributed by atoms with E-state index in [2.05, 4.69) is 13.8 Å². The third kappa shape index (κ3) is 1.63. The van der Waals surface area contributed by atoms with Gasteiger partial charge in [0.15, 0.2) is 5.78 Å². The van der Waals surface area contributed by atoms with Crippen LogP contribution in [0.25, 0.3) is 0 Å². The van der Waals surface area contributed by atoms with Gasteiger partial charge in [0.2, 0.25) is 0 Å². The zero-order chi connectivity index (χ0) is 17.9. The molecule has 1 heterocycles. The van der Waals surface area contributed by atoms with Gasteiger partial charge in [-0.15, -0.1) is 0 Å². The first-order chi connectivity index (χ1) is 12.4. The lowest BCUT2D eigenvalue weighted by Gasteiger charge is -2.60. The van der Waals surface area contributed by atoms with E-state index < -0.39 is 0 Å². The number of ketones is 1. The van der Waals surface area contributed by atoms with Gasteiger partial charge in [-0.1, -0.05) is 19.4 Å². The number of allylic oxidation sites excluding steroid dienone is 1. The van der Waals surface area contributed by atoms with E-state index in [4.69, 9.17) is 4.74 Å². The van der Waals surface area contributed by atoms with Gasteiger partial charge in [0.1, 0.15) is 5.60 Å². The van der Waals surface area contributed by atoms with Crippen molar-refractivity contribution in [2.24, 2.45) is 40.4 Å². The quantitative estimate of drug-likeness (QED) is 0.604. The van der Waals surface area contributed by atoms with Gasteiger partial charge in [0.05, 0.1) is 0 Å². The molecular weight excluding hydrogens is 324 g/mol. The van der Waals surface area contributed by atoms with Crippen LogP contribution in [0.4, 0.5) is 0 Å². The normalized spacial score (nSPS) is 57.0. The number of esters is 1. The molecule has 0 radical (unpaired) electrons. The molecule has 6 rings (SSSR count). The molecule has 4 saturated carbocycles. The molecule has 26 heavy (non-hydrogen) atoms. The predicted molar refractivity (Wildman–Crippen MR) is 97.1 cm³/mol. The molecule has 6 aliphatic rings. The summed E-state index contributed by atoms with van der Waals surface area (Å²) in [5.74, 6) is 4.04. The summed E-state index contributed by atoms with van der Waals surface area (Å²) in [6, 6.07) is 0. The van der Waals surface area contributed by atoms with Crippen molar-refractivity contribution in [3.63, 3.8) is 0 Å². The summed E-state index contributed by atoms with van der Waals surface area (Å²) in [5.41, 5.74) is 1.75. The number of hydrogen-bond acceptors (Lipinski definition) is 3. The molecule has 1 aliphatic heterocycles. The molecule has 5 aliphatic carbocycles. The Morgan fingerprint density at radius 3 is 2.58 bits per heavy atom. The van der Waals surface area contributed by atoms with Crippen LogP contribution in [0.15, 0.2) is 11.6 Å². The third-order valence-electron chi connectivity index (χ3n) is 10.1. The molecule has 1 spiro atoms. The van der Waals surface area contributed by atoms with Crippen molar-refractivity contribution in [3.05, 3.63) is 11.6 Å². The molecule has 0 aromatic carbocycles. The number of fused-ring (bicyclic) bond motifs is 9. The Balaban J connectivity index is 1.40. The van der Waals surface area contributed by atoms with Crippen molar-refractivity contribution in [1.29, 1.82) is 0 Å². The Labute approximate surface area is 155 Å². The highest BCUT2D eigenvalue weighted by atomic mass is 16.6. The molecule has 0 aromatic heterocycles. The van der Waals surface area contributed by atoms with E-state index in [9.17, 15) is 9.59 Å². The number of ether oxygens (including phenoxy) is 1. The molecule has 0 amide bonds. The Hall–Kier alpha value is -1.12. The van der Waals surface area contributed by atoms with E-state index in [0.29, 0.717) is 18.1 Å². The van der Waals surface area contributed by atoms with E-state index in [-0.39, 0.29) is 22.4 Å². The van der Waals surface area contributed by atoms with Crippen molar-refractivity contribution < 1.29 is 14.3 Å². The van der Waals surface area contributed by atoms with Crippen LogP contribution in [-0.4, -0.2) is 17.4 Å². The van der Waals surface area contributed by atoms with E-state index in [1.807, 2.05) is 6.08 Å². The van der Waals surface area contributed by atoms with E-state index in [1.54, 1.807) is 0 Å². The smallest absolute Gasteiger partial charge is 0.306 e. The van der Waals surface area contributed by atoms with Crippen LogP contribution >= 0.6 is 0 Å². The van der Waals surface area contributed by atoms with Crippen molar-refractivity contribution in [2.45, 2.75) is 77.2 Å². The van der Waals surface area contributed by atoms with Crippen molar-refractivity contribution in [1.82, 2.24) is 0 Å². The second-order valence-electron chi connectivity index (χ2n) is 10.7. The fourth-order valence-electron chi connectivity index (χ4n) is 8.92. The zero-order valence-electron chi connectivity index (χ0n) is 16.1. The number of rotatable bonds is 0. The second kappa shape index (κ2) is 4.64. The largest absolute Gasteiger partial charge is 0.458 e. The highest BCUT2D eigenvalue weighted by molar-refractivity contribution is 5.91. The SMILES string of the molecule is C[C@]12CCC(=O)C=C1CC[C@H]1[C@H]3[C@@H]4C[C@@H]4[C@@]4(CCC(=O)O4)[C@@]3(C)CC[C@@H]12. The second-order valence-corrected chi connectivity index (χ2v) is 10.7. The van der Waals surface area contributed by atoms with Crippen LogP contribution < -0.4 is 0 Å². The molecule has 3 heteroatoms. The Morgan fingerprint density at radius 2 is 1.81 bits per heavy atom. The Bertz CT molecular complexity index is 753. The van der Waals surface area contributed by atoms with Crippen LogP contribution in [0.5, 0.6) is 0 Å². The summed E-state index contributed by atoms with van der Waals surface area (Å²) in [6.45, 7) is 4.92. The standard InChI is InChI=1S/C23H30O3/c1-21-8-5-14(24)11-13(21)3-4-15-17(21)6-9-22(2)20(15)16-12-18(16)23(22)10-7-19(25)26-23/h11,15-18,20H,3-10,12H2,1-2H3/t15-,16-,17+,18+,20+,21+,22+,23+/m1/s1. The molecule has 140 valence electrons. The average Bonchev–Trinajstić information content (AvgIpc) is 3.24. The maximum Gasteiger partial charge on any atom is 0.306 e. The first-order valence-corrected chi connectivity index (χ1v) is 10.8. The van der Waals surface area contributed by atoms with Crippen LogP contribution in [0.3, 0.4) is 0 Å². The average molecular weight is 354 g/mol. The lowest BCUT2D eigenvalue weighted by Crippen LogP contribution is -2.56. The maximum atomic E-state index is 12.1. The fourth-order valence-corrected chi connectivity index (χ4v) is 8.92. The summed E-state index contributed by atoms with van der Waals surface area (Å²) in [6.07, 6.45) is 11.5. The van der Waals surface area contributed by atoms with Gasteiger partial charge in [-0.05, 0) is 80.1 Å². The van der Waals surface area contributed by atoms with Gasteiger partial charge in [-0.3, -0.25) is 9.59 Å². The summed E-state index contributed by atoms with van der Waals surface area (Å²) < 4.78 is 6.17. The van der Waals surface area contributed by atoms with Crippen LogP contribution in [-0.2, 0) is 14.3 Å². The van der Waals surface area contributed by atoms with Gasteiger partial charge in [-0.25, -0.2) is 0 Å². The minimum absolute atomic E-state index is 0.0475. The highest BCUT2D eigenvalue weighted by Crippen LogP contribution is 2.79. The van der Waals surface area contributed by atoms with Gasteiger partial charge in [0, 0.05) is 24.2 Å². The van der Waals surface area contributed by atoms with E-state index >= 15 is 0 Å². The first-order valence-electron chi connectivity index (χ1n) is 10.8. The summed E-state index contributed by atoms with van der Waals surface area (Å²) in [5, 5.41) is 0. The van der Waals surface area contributed by atoms with Gasteiger partial charge in [-0.2, -0.15) is 0 Å². The molecule has 0 N–H and O–H groups in total. The van der Waals surface area contributed by atoms with Crippen molar-refractivity contribution in [3.8, 4) is 0 Å². The highest BCUT2D eigenvalue weighted by Gasteiger charge is 2.78. The molecular formula is C23H30O3. The summed E-state index contributed by atoms with van der Waals surface area (Å²) >= 11 is 0. The number of carbonyl (C=O) groups is 2. The summed E-state index contributed by atoms with van der Waals surface area (Å²) in [4.78, 5) is 24.1. The monoisotopic (exact) mass is 354 g/mol. The Kier molecular flexibility index (Phi) is 2.84. The van der Waals surface area contributed by atoms with E-state index in [1.165, 1.54) is 31.3 Å². The van der Waals surface area contributed by atoms with Gasteiger partial charge in [0.25, 0.3) is 0 Å². The Morgan fingerprint density at radius 1 is 0.962 bits per heavy atom. The zero-order valence-corrected chi connectivity index (χ0v) is 16.1. The predicted octanol–water partition coefficient (Wildman–Crippen LogP) is 4.45. The molecule has 8 atom stereocenters. The molecule has 0 bridgehead atoms. The third-order valence-corrected chi connectivity index (χ3v) is 10.1. The number of carbonyl (C=O) groups excluding carboxylic acids is 2. The van der Waals surface area contributed by atoms with Crippen molar-refractivity contribution in [2.75, 3.05) is 0 Å². The number of hydrogen-bond donors (Lipinski definition) is 0. The molecule has 5 fully saturated rings. The van der Waals surface area contributed by atoms with Gasteiger partial charge < -0.3 is 4.74 Å². The lowest BCUT2D eigenvalue weighted by atomic mass is 9.45. The maximum absolute atomic E-state index is 12.1. The molecule has 0 unspecified atom stereocenters. The van der Waals surface area contributed by atoms with E-state index in [0.717, 1.165) is 49.4 Å². The lowest BCUT2D eigenvalue weighted by molar-refractivity contribution is -0.176. The van der Waals surface area contributed by atoms with Crippen LogP contribution in [0.2, 0.25) is 0 Å². The summed E-state index contributed by atoms with van der Waals surface area (Å²) in [7, 11) is 0. The van der Waals surface area contributed by atoms with Crippen molar-refractivity contribution >= 4 is 11.8 Å². The molecule has 1 saturated heterocycles. The molecule has 0 aromatic rings. The minimum atomic E-state index is -0.135. The van der Waals surface area contributed by atoms with Gasteiger partial charge >= 0.3 is 5.97 Å². The minimum Gasteiger partial charge on any atom is -0.458 e. The molecule has 3 nitrogen and oxygen atoms in total. The van der Waals surface area contributed by atoms with Crippen LogP contribution in [0, 0.1) is 40.4 Å². The fraction of sp³-hybridized carbons (Fsp3) is 0.826. The first kappa shape index (κ1) is 15.9. The van der Waals surface area contributed by atoms with Crippen LogP contribution in [0.1, 0.15) is 71.6 Å². The topological polar surface area (TPSA) is 43.4 Å².